The number of hydrogen-bond donors (Lipinski definition) is 0. The van der Waals surface area contributed by atoms with E-state index < -0.39 is 12.0 Å². The van der Waals surface area contributed by atoms with Crippen LogP contribution in [0.15, 0.2) is 60.7 Å². The maximum absolute atomic E-state index is 13.4. The lowest BCUT2D eigenvalue weighted by Crippen LogP contribution is -2.41. The van der Waals surface area contributed by atoms with E-state index in [0.29, 0.717) is 23.8 Å². The molecule has 1 amide bonds. The summed E-state index contributed by atoms with van der Waals surface area (Å²) in [6, 6.07) is 17.0. The van der Waals surface area contributed by atoms with Crippen molar-refractivity contribution in [2.24, 2.45) is 0 Å². The molecule has 3 aromatic rings. The van der Waals surface area contributed by atoms with Gasteiger partial charge in [0.15, 0.2) is 11.5 Å². The van der Waals surface area contributed by atoms with Gasteiger partial charge < -0.3 is 29.0 Å². The van der Waals surface area contributed by atoms with Crippen molar-refractivity contribution in [3.8, 4) is 17.2 Å². The molecular formula is C26H24NO6-. The molecule has 0 spiro atoms. The van der Waals surface area contributed by atoms with Gasteiger partial charge in [0.25, 0.3) is 0 Å². The standard InChI is InChI=1S/C26H25NO6/c1-4-33-20-11-7-16(8-12-20)25-21-15-23(32-3)22(31-2)13-18(21)14-24(28)27(25)19-9-5-17(6-10-19)26(29)30/h5-13,15,25H,4,14H2,1-3H3,(H,29,30)/p-1/t25-/m1/s1. The minimum absolute atomic E-state index is 0.0487. The van der Waals surface area contributed by atoms with Crippen LogP contribution in [0.5, 0.6) is 17.2 Å². The van der Waals surface area contributed by atoms with Gasteiger partial charge in [-0.3, -0.25) is 4.79 Å². The summed E-state index contributed by atoms with van der Waals surface area (Å²) in [4.78, 5) is 26.3. The Balaban J connectivity index is 1.88. The molecule has 1 heterocycles. The van der Waals surface area contributed by atoms with Gasteiger partial charge in [-0.1, -0.05) is 24.3 Å². The van der Waals surface area contributed by atoms with E-state index in [9.17, 15) is 14.7 Å². The molecule has 0 saturated heterocycles. The first kappa shape index (κ1) is 22.2. The Kier molecular flexibility index (Phi) is 6.22. The molecule has 7 nitrogen and oxygen atoms in total. The van der Waals surface area contributed by atoms with Crippen molar-refractivity contribution in [1.29, 1.82) is 0 Å². The molecule has 1 atom stereocenters. The van der Waals surface area contributed by atoms with Gasteiger partial charge in [-0.2, -0.15) is 0 Å². The second-order valence-corrected chi connectivity index (χ2v) is 7.59. The molecule has 33 heavy (non-hydrogen) atoms. The van der Waals surface area contributed by atoms with Gasteiger partial charge in [-0.15, -0.1) is 0 Å². The van der Waals surface area contributed by atoms with Crippen molar-refractivity contribution < 1.29 is 28.9 Å². The lowest BCUT2D eigenvalue weighted by molar-refractivity contribution is -0.255. The zero-order valence-electron chi connectivity index (χ0n) is 18.7. The Morgan fingerprint density at radius 2 is 1.64 bits per heavy atom. The van der Waals surface area contributed by atoms with Crippen LogP contribution in [0.4, 0.5) is 5.69 Å². The fraction of sp³-hybridized carbons (Fsp3) is 0.231. The molecule has 0 bridgehead atoms. The minimum Gasteiger partial charge on any atom is -0.545 e. The number of amides is 1. The molecule has 3 aromatic carbocycles. The summed E-state index contributed by atoms with van der Waals surface area (Å²) in [5, 5.41) is 11.2. The molecule has 0 unspecified atom stereocenters. The highest BCUT2D eigenvalue weighted by Crippen LogP contribution is 2.43. The van der Waals surface area contributed by atoms with Crippen molar-refractivity contribution in [3.63, 3.8) is 0 Å². The van der Waals surface area contributed by atoms with E-state index in [1.165, 1.54) is 12.1 Å². The maximum atomic E-state index is 13.4. The predicted molar refractivity (Wildman–Crippen MR) is 121 cm³/mol. The van der Waals surface area contributed by atoms with Crippen molar-refractivity contribution in [2.45, 2.75) is 19.4 Å². The second kappa shape index (κ2) is 9.24. The Morgan fingerprint density at radius 3 is 2.21 bits per heavy atom. The van der Waals surface area contributed by atoms with Crippen molar-refractivity contribution >= 4 is 17.6 Å². The Labute approximate surface area is 192 Å². The Morgan fingerprint density at radius 1 is 1.00 bits per heavy atom. The van der Waals surface area contributed by atoms with Crippen LogP contribution in [0, 0.1) is 0 Å². The molecule has 0 fully saturated rings. The number of carboxylic acids is 1. The van der Waals surface area contributed by atoms with Crippen LogP contribution in [-0.4, -0.2) is 32.7 Å². The van der Waals surface area contributed by atoms with Crippen LogP contribution in [0.3, 0.4) is 0 Å². The number of benzene rings is 3. The lowest BCUT2D eigenvalue weighted by atomic mass is 9.86. The number of methoxy groups -OCH3 is 2. The molecule has 0 aromatic heterocycles. The van der Waals surface area contributed by atoms with E-state index in [2.05, 4.69) is 0 Å². The molecule has 1 aliphatic rings. The van der Waals surface area contributed by atoms with E-state index in [-0.39, 0.29) is 17.9 Å². The second-order valence-electron chi connectivity index (χ2n) is 7.59. The Bertz CT molecular complexity index is 1170. The predicted octanol–water partition coefficient (Wildman–Crippen LogP) is 3.14. The lowest BCUT2D eigenvalue weighted by Gasteiger charge is -2.38. The van der Waals surface area contributed by atoms with E-state index in [4.69, 9.17) is 14.2 Å². The molecular weight excluding hydrogens is 422 g/mol. The molecule has 0 saturated carbocycles. The number of nitrogens with zero attached hydrogens (tertiary/aromatic N) is 1. The summed E-state index contributed by atoms with van der Waals surface area (Å²) in [6.07, 6.45) is 0.172. The molecule has 0 N–H and O–H groups in total. The van der Waals surface area contributed by atoms with Gasteiger partial charge in [0.2, 0.25) is 5.91 Å². The summed E-state index contributed by atoms with van der Waals surface area (Å²) < 4.78 is 16.5. The van der Waals surface area contributed by atoms with Crippen molar-refractivity contribution in [3.05, 3.63) is 82.9 Å². The number of hydrogen-bond acceptors (Lipinski definition) is 6. The summed E-state index contributed by atoms with van der Waals surface area (Å²) in [5.74, 6) is 0.474. The average molecular weight is 446 g/mol. The number of ether oxygens (including phenoxy) is 3. The van der Waals surface area contributed by atoms with Gasteiger partial charge in [0.05, 0.1) is 39.3 Å². The minimum atomic E-state index is -1.27. The van der Waals surface area contributed by atoms with Crippen LogP contribution in [0.1, 0.15) is 40.0 Å². The average Bonchev–Trinajstić information content (AvgIpc) is 2.83. The first-order valence-corrected chi connectivity index (χ1v) is 10.6. The first-order valence-electron chi connectivity index (χ1n) is 10.6. The number of carbonyl (C=O) groups excluding carboxylic acids is 2. The molecule has 1 aliphatic heterocycles. The third-order valence-electron chi connectivity index (χ3n) is 5.70. The fourth-order valence-electron chi connectivity index (χ4n) is 4.17. The van der Waals surface area contributed by atoms with Crippen molar-refractivity contribution in [2.75, 3.05) is 25.7 Å². The van der Waals surface area contributed by atoms with Crippen LogP contribution >= 0.6 is 0 Å². The third kappa shape index (κ3) is 4.22. The summed E-state index contributed by atoms with van der Waals surface area (Å²) >= 11 is 0. The summed E-state index contributed by atoms with van der Waals surface area (Å²) in [7, 11) is 3.13. The monoisotopic (exact) mass is 446 g/mol. The van der Waals surface area contributed by atoms with Gasteiger partial charge in [0, 0.05) is 5.69 Å². The largest absolute Gasteiger partial charge is 0.545 e. The zero-order chi connectivity index (χ0) is 23.5. The number of aromatic carboxylic acids is 1. The van der Waals surface area contributed by atoms with Crippen molar-refractivity contribution in [1.82, 2.24) is 0 Å². The van der Waals surface area contributed by atoms with Gasteiger partial charge in [-0.05, 0) is 65.6 Å². The van der Waals surface area contributed by atoms with Gasteiger partial charge >= 0.3 is 0 Å². The Hall–Kier alpha value is -4.00. The van der Waals surface area contributed by atoms with E-state index in [1.807, 2.05) is 43.3 Å². The fourth-order valence-corrected chi connectivity index (χ4v) is 4.17. The quantitative estimate of drug-likeness (QED) is 0.554. The topological polar surface area (TPSA) is 88.1 Å². The smallest absolute Gasteiger partial charge is 0.232 e. The van der Waals surface area contributed by atoms with Gasteiger partial charge in [-0.25, -0.2) is 0 Å². The number of carbonyl (C=O) groups is 2. The number of fused-ring (bicyclic) bond motifs is 1. The molecule has 7 heteroatoms. The number of rotatable bonds is 7. The summed E-state index contributed by atoms with van der Waals surface area (Å²) in [5.41, 5.74) is 3.26. The van der Waals surface area contributed by atoms with E-state index >= 15 is 0 Å². The summed E-state index contributed by atoms with van der Waals surface area (Å²) in [6.45, 7) is 2.47. The van der Waals surface area contributed by atoms with Gasteiger partial charge in [0.1, 0.15) is 5.75 Å². The van der Waals surface area contributed by atoms with Crippen LogP contribution < -0.4 is 24.2 Å². The molecule has 0 aliphatic carbocycles. The third-order valence-corrected chi connectivity index (χ3v) is 5.70. The van der Waals surface area contributed by atoms with E-state index in [1.54, 1.807) is 31.3 Å². The van der Waals surface area contributed by atoms with Crippen LogP contribution in [0.25, 0.3) is 0 Å². The number of carboxylic acid groups (broad SMARTS) is 1. The highest BCUT2D eigenvalue weighted by atomic mass is 16.5. The maximum Gasteiger partial charge on any atom is 0.232 e. The van der Waals surface area contributed by atoms with Crippen LogP contribution in [0.2, 0.25) is 0 Å². The van der Waals surface area contributed by atoms with Crippen LogP contribution in [-0.2, 0) is 11.2 Å². The normalized spacial score (nSPS) is 15.1. The SMILES string of the molecule is CCOc1ccc([C@@H]2c3cc(OC)c(OC)cc3CC(=O)N2c2ccc(C(=O)[O-])cc2)cc1. The highest BCUT2D eigenvalue weighted by Gasteiger charge is 2.36. The molecule has 170 valence electrons. The molecule has 4 rings (SSSR count). The van der Waals surface area contributed by atoms with E-state index in [0.717, 1.165) is 22.4 Å². The highest BCUT2D eigenvalue weighted by molar-refractivity contribution is 5.99. The molecule has 0 radical (unpaired) electrons. The zero-order valence-corrected chi connectivity index (χ0v) is 18.7. The first-order chi connectivity index (χ1) is 16.0. The number of anilines is 1.